The third kappa shape index (κ3) is 4.15. The molecule has 1 aromatic carbocycles. The van der Waals surface area contributed by atoms with E-state index >= 15 is 0 Å². The molecule has 1 aromatic rings. The first-order chi connectivity index (χ1) is 10.3. The Morgan fingerprint density at radius 2 is 2.14 bits per heavy atom. The third-order valence-corrected chi connectivity index (χ3v) is 4.53. The number of nitrogens with two attached hydrogens (primary N) is 1. The van der Waals surface area contributed by atoms with E-state index in [1.165, 1.54) is 26.4 Å². The summed E-state index contributed by atoms with van der Waals surface area (Å²) >= 11 is 0. The molecule has 4 nitrogen and oxygen atoms in total. The van der Waals surface area contributed by atoms with Crippen LogP contribution in [-0.2, 0) is 4.74 Å². The molecule has 3 N–H and O–H groups in total. The standard InChI is InChI=1S/C18H28N2O2/c1-12-7-13(10-18(2,3)9-12)11-20-16-6-5-14(8-15(16)19)17(21)22-4/h5-6,8,12-13,20H,7,9-11,19H2,1-4H3/t12-,13+/m0/s1. The summed E-state index contributed by atoms with van der Waals surface area (Å²) in [6.07, 6.45) is 3.81. The van der Waals surface area contributed by atoms with Crippen LogP contribution in [0.2, 0.25) is 0 Å². The van der Waals surface area contributed by atoms with Gasteiger partial charge in [0, 0.05) is 6.54 Å². The van der Waals surface area contributed by atoms with Crippen LogP contribution in [0.25, 0.3) is 0 Å². The van der Waals surface area contributed by atoms with E-state index in [0.717, 1.165) is 18.2 Å². The van der Waals surface area contributed by atoms with Crippen molar-refractivity contribution in [1.29, 1.82) is 0 Å². The van der Waals surface area contributed by atoms with Gasteiger partial charge < -0.3 is 15.8 Å². The predicted octanol–water partition coefficient (Wildman–Crippen LogP) is 3.93. The topological polar surface area (TPSA) is 64.3 Å². The first-order valence-corrected chi connectivity index (χ1v) is 8.02. The molecule has 1 fully saturated rings. The Morgan fingerprint density at radius 3 is 2.73 bits per heavy atom. The lowest BCUT2D eigenvalue weighted by molar-refractivity contribution is 0.0601. The van der Waals surface area contributed by atoms with Crippen molar-refractivity contribution in [1.82, 2.24) is 0 Å². The molecule has 0 spiro atoms. The second kappa shape index (κ2) is 6.59. The number of hydrogen-bond acceptors (Lipinski definition) is 4. The highest BCUT2D eigenvalue weighted by Crippen LogP contribution is 2.41. The van der Waals surface area contributed by atoms with Gasteiger partial charge in [0.05, 0.1) is 24.0 Å². The Labute approximate surface area is 133 Å². The Bertz CT molecular complexity index is 540. The summed E-state index contributed by atoms with van der Waals surface area (Å²) in [5, 5.41) is 3.45. The van der Waals surface area contributed by atoms with Gasteiger partial charge in [0.25, 0.3) is 0 Å². The van der Waals surface area contributed by atoms with Crippen LogP contribution in [0.15, 0.2) is 18.2 Å². The maximum absolute atomic E-state index is 11.5. The minimum absolute atomic E-state index is 0.360. The van der Waals surface area contributed by atoms with Gasteiger partial charge in [-0.2, -0.15) is 0 Å². The van der Waals surface area contributed by atoms with E-state index in [1.54, 1.807) is 12.1 Å². The predicted molar refractivity (Wildman–Crippen MR) is 91.0 cm³/mol. The summed E-state index contributed by atoms with van der Waals surface area (Å²) in [7, 11) is 1.37. The number of carbonyl (C=O) groups is 1. The smallest absolute Gasteiger partial charge is 0.337 e. The molecule has 1 aliphatic rings. The molecule has 0 unspecified atom stereocenters. The van der Waals surface area contributed by atoms with Gasteiger partial charge in [0.1, 0.15) is 0 Å². The first-order valence-electron chi connectivity index (χ1n) is 8.02. The number of rotatable bonds is 4. The molecule has 122 valence electrons. The fraction of sp³-hybridized carbons (Fsp3) is 0.611. The maximum atomic E-state index is 11.5. The minimum atomic E-state index is -0.360. The molecular weight excluding hydrogens is 276 g/mol. The van der Waals surface area contributed by atoms with Crippen LogP contribution < -0.4 is 11.1 Å². The summed E-state index contributed by atoms with van der Waals surface area (Å²) in [4.78, 5) is 11.5. The van der Waals surface area contributed by atoms with E-state index in [-0.39, 0.29) is 5.97 Å². The SMILES string of the molecule is COC(=O)c1ccc(NC[C@@H]2C[C@H](C)CC(C)(C)C2)c(N)c1. The van der Waals surface area contributed by atoms with Crippen LogP contribution >= 0.6 is 0 Å². The van der Waals surface area contributed by atoms with Crippen molar-refractivity contribution in [2.45, 2.75) is 40.0 Å². The van der Waals surface area contributed by atoms with Gasteiger partial charge >= 0.3 is 5.97 Å². The van der Waals surface area contributed by atoms with Crippen LogP contribution in [0.5, 0.6) is 0 Å². The van der Waals surface area contributed by atoms with Gasteiger partial charge in [0.2, 0.25) is 0 Å². The zero-order valence-electron chi connectivity index (χ0n) is 14.1. The largest absolute Gasteiger partial charge is 0.465 e. The third-order valence-electron chi connectivity index (χ3n) is 4.53. The lowest BCUT2D eigenvalue weighted by Gasteiger charge is -2.39. The molecular formula is C18H28N2O2. The Hall–Kier alpha value is -1.71. The molecule has 0 aromatic heterocycles. The number of benzene rings is 1. The first kappa shape index (κ1) is 16.7. The summed E-state index contributed by atoms with van der Waals surface area (Å²) in [6, 6.07) is 5.28. The monoisotopic (exact) mass is 304 g/mol. The summed E-state index contributed by atoms with van der Waals surface area (Å²) in [6.45, 7) is 7.98. The minimum Gasteiger partial charge on any atom is -0.465 e. The Morgan fingerprint density at radius 1 is 1.41 bits per heavy atom. The van der Waals surface area contributed by atoms with E-state index < -0.39 is 0 Å². The molecule has 2 rings (SSSR count). The number of methoxy groups -OCH3 is 1. The highest BCUT2D eigenvalue weighted by Gasteiger charge is 2.31. The maximum Gasteiger partial charge on any atom is 0.337 e. The van der Waals surface area contributed by atoms with Crippen molar-refractivity contribution in [2.24, 2.45) is 17.3 Å². The molecule has 4 heteroatoms. The molecule has 0 bridgehead atoms. The van der Waals surface area contributed by atoms with Crippen molar-refractivity contribution in [2.75, 3.05) is 24.7 Å². The second-order valence-corrected chi connectivity index (χ2v) is 7.45. The van der Waals surface area contributed by atoms with Crippen LogP contribution in [-0.4, -0.2) is 19.6 Å². The lowest BCUT2D eigenvalue weighted by atomic mass is 9.68. The van der Waals surface area contributed by atoms with Crippen molar-refractivity contribution in [3.8, 4) is 0 Å². The quantitative estimate of drug-likeness (QED) is 0.653. The molecule has 0 saturated heterocycles. The molecule has 22 heavy (non-hydrogen) atoms. The highest BCUT2D eigenvalue weighted by molar-refractivity contribution is 5.91. The van der Waals surface area contributed by atoms with Crippen molar-refractivity contribution in [3.05, 3.63) is 23.8 Å². The molecule has 0 aliphatic heterocycles. The van der Waals surface area contributed by atoms with E-state index in [0.29, 0.717) is 22.6 Å². The number of ether oxygens (including phenoxy) is 1. The number of nitrogens with one attached hydrogen (secondary N) is 1. The molecule has 0 amide bonds. The van der Waals surface area contributed by atoms with Gasteiger partial charge in [-0.05, 0) is 54.7 Å². The molecule has 1 saturated carbocycles. The number of carbonyl (C=O) groups excluding carboxylic acids is 1. The van der Waals surface area contributed by atoms with Crippen molar-refractivity contribution < 1.29 is 9.53 Å². The highest BCUT2D eigenvalue weighted by atomic mass is 16.5. The fourth-order valence-electron chi connectivity index (χ4n) is 3.92. The second-order valence-electron chi connectivity index (χ2n) is 7.45. The summed E-state index contributed by atoms with van der Waals surface area (Å²) in [5.41, 5.74) is 8.43. The zero-order valence-corrected chi connectivity index (χ0v) is 14.1. The van der Waals surface area contributed by atoms with Crippen LogP contribution in [0.4, 0.5) is 11.4 Å². The van der Waals surface area contributed by atoms with Crippen LogP contribution in [0.3, 0.4) is 0 Å². The normalized spacial score (nSPS) is 23.8. The van der Waals surface area contributed by atoms with Gasteiger partial charge in [-0.25, -0.2) is 4.79 Å². The van der Waals surface area contributed by atoms with Crippen molar-refractivity contribution in [3.63, 3.8) is 0 Å². The fourth-order valence-corrected chi connectivity index (χ4v) is 3.92. The van der Waals surface area contributed by atoms with Gasteiger partial charge in [-0.15, -0.1) is 0 Å². The van der Waals surface area contributed by atoms with E-state index in [9.17, 15) is 4.79 Å². The van der Waals surface area contributed by atoms with Crippen molar-refractivity contribution >= 4 is 17.3 Å². The average Bonchev–Trinajstić information content (AvgIpc) is 2.43. The van der Waals surface area contributed by atoms with Gasteiger partial charge in [-0.1, -0.05) is 20.8 Å². The Kier molecular flexibility index (Phi) is 4.99. The lowest BCUT2D eigenvalue weighted by Crippen LogP contribution is -2.31. The molecule has 2 atom stereocenters. The van der Waals surface area contributed by atoms with E-state index in [2.05, 4.69) is 26.1 Å². The summed E-state index contributed by atoms with van der Waals surface area (Å²) < 4.78 is 4.71. The number of nitrogen functional groups attached to an aromatic ring is 1. The molecule has 0 radical (unpaired) electrons. The number of hydrogen-bond donors (Lipinski definition) is 2. The Balaban J connectivity index is 1.98. The zero-order chi connectivity index (χ0) is 16.3. The van der Waals surface area contributed by atoms with E-state index in [1.807, 2.05) is 6.07 Å². The van der Waals surface area contributed by atoms with E-state index in [4.69, 9.17) is 10.5 Å². The van der Waals surface area contributed by atoms with Crippen LogP contribution in [0, 0.1) is 17.3 Å². The summed E-state index contributed by atoms with van der Waals surface area (Å²) in [5.74, 6) is 1.08. The molecule has 0 heterocycles. The van der Waals surface area contributed by atoms with Gasteiger partial charge in [0.15, 0.2) is 0 Å². The van der Waals surface area contributed by atoms with Crippen LogP contribution in [0.1, 0.15) is 50.4 Å². The van der Waals surface area contributed by atoms with Gasteiger partial charge in [-0.3, -0.25) is 0 Å². The number of esters is 1. The average molecular weight is 304 g/mol. The molecule has 1 aliphatic carbocycles. The number of anilines is 2.